The Morgan fingerprint density at radius 3 is 2.35 bits per heavy atom. The minimum Gasteiger partial charge on any atom is -0.495 e. The highest BCUT2D eigenvalue weighted by Gasteiger charge is 2.31. The van der Waals surface area contributed by atoms with Crippen molar-refractivity contribution in [1.29, 1.82) is 0 Å². The van der Waals surface area contributed by atoms with E-state index in [1.165, 1.54) is 38.5 Å². The molecule has 0 aliphatic rings. The number of ether oxygens (including phenoxy) is 2. The fourth-order valence-electron chi connectivity index (χ4n) is 2.21. The number of benzene rings is 2. The van der Waals surface area contributed by atoms with E-state index in [0.717, 1.165) is 12.1 Å². The molecule has 0 unspecified atom stereocenters. The van der Waals surface area contributed by atoms with E-state index in [2.05, 4.69) is 4.74 Å². The summed E-state index contributed by atoms with van der Waals surface area (Å²) in [6, 6.07) is 7.49. The number of anilines is 1. The van der Waals surface area contributed by atoms with Crippen molar-refractivity contribution in [3.8, 4) is 16.9 Å². The van der Waals surface area contributed by atoms with E-state index in [1.807, 2.05) is 0 Å². The number of nitrogens with two attached hydrogens (primary N) is 1. The van der Waals surface area contributed by atoms with Gasteiger partial charge in [-0.3, -0.25) is 0 Å². The van der Waals surface area contributed by atoms with Crippen molar-refractivity contribution in [3.63, 3.8) is 0 Å². The maximum atomic E-state index is 12.9. The second-order valence-corrected chi connectivity index (χ2v) is 4.68. The monoisotopic (exact) mass is 325 g/mol. The average molecular weight is 325 g/mol. The zero-order valence-corrected chi connectivity index (χ0v) is 12.4. The molecule has 0 amide bonds. The van der Waals surface area contributed by atoms with Gasteiger partial charge in [-0.2, -0.15) is 13.2 Å². The Hall–Kier alpha value is -2.70. The Morgan fingerprint density at radius 1 is 1.09 bits per heavy atom. The molecule has 0 atom stereocenters. The van der Waals surface area contributed by atoms with Crippen LogP contribution in [0.4, 0.5) is 18.9 Å². The molecule has 0 spiro atoms. The van der Waals surface area contributed by atoms with E-state index >= 15 is 0 Å². The fourth-order valence-corrected chi connectivity index (χ4v) is 2.21. The molecule has 2 N–H and O–H groups in total. The number of hydrogen-bond acceptors (Lipinski definition) is 4. The molecule has 7 heteroatoms. The first-order valence-corrected chi connectivity index (χ1v) is 6.52. The molecule has 0 saturated carbocycles. The molecule has 0 fully saturated rings. The highest BCUT2D eigenvalue weighted by Crippen LogP contribution is 2.40. The fraction of sp³-hybridized carbons (Fsp3) is 0.188. The van der Waals surface area contributed by atoms with Crippen molar-refractivity contribution < 1.29 is 27.4 Å². The largest absolute Gasteiger partial charge is 0.495 e. The third-order valence-electron chi connectivity index (χ3n) is 3.30. The highest BCUT2D eigenvalue weighted by atomic mass is 19.4. The number of hydrogen-bond donors (Lipinski definition) is 1. The Balaban J connectivity index is 2.69. The van der Waals surface area contributed by atoms with Gasteiger partial charge < -0.3 is 15.2 Å². The molecule has 0 aliphatic carbocycles. The summed E-state index contributed by atoms with van der Waals surface area (Å²) in [5, 5.41) is 0. The van der Waals surface area contributed by atoms with E-state index in [0.29, 0.717) is 0 Å². The molecular weight excluding hydrogens is 311 g/mol. The van der Waals surface area contributed by atoms with E-state index in [9.17, 15) is 18.0 Å². The number of carbonyl (C=O) groups is 1. The van der Waals surface area contributed by atoms with Crippen LogP contribution in [-0.4, -0.2) is 20.2 Å². The molecule has 2 aromatic rings. The third-order valence-corrected chi connectivity index (χ3v) is 3.30. The predicted octanol–water partition coefficient (Wildman–Crippen LogP) is 3.75. The van der Waals surface area contributed by atoms with Crippen LogP contribution in [0.25, 0.3) is 11.1 Å². The molecule has 0 aromatic heterocycles. The van der Waals surface area contributed by atoms with Crippen LogP contribution >= 0.6 is 0 Å². The lowest BCUT2D eigenvalue weighted by Crippen LogP contribution is -2.07. The smallest absolute Gasteiger partial charge is 0.416 e. The van der Waals surface area contributed by atoms with Gasteiger partial charge in [0, 0.05) is 16.8 Å². The molecule has 0 bridgehead atoms. The first-order valence-electron chi connectivity index (χ1n) is 6.52. The molecule has 2 rings (SSSR count). The van der Waals surface area contributed by atoms with E-state index in [-0.39, 0.29) is 28.1 Å². The molecule has 2 aromatic carbocycles. The van der Waals surface area contributed by atoms with Gasteiger partial charge in [-0.15, -0.1) is 0 Å². The summed E-state index contributed by atoms with van der Waals surface area (Å²) in [5.74, 6) is -0.556. The van der Waals surface area contributed by atoms with Crippen LogP contribution in [0.1, 0.15) is 15.9 Å². The van der Waals surface area contributed by atoms with Crippen molar-refractivity contribution in [3.05, 3.63) is 47.5 Å². The van der Waals surface area contributed by atoms with Crippen molar-refractivity contribution in [2.24, 2.45) is 0 Å². The van der Waals surface area contributed by atoms with E-state index < -0.39 is 17.7 Å². The van der Waals surface area contributed by atoms with Crippen LogP contribution in [0.15, 0.2) is 36.4 Å². The van der Waals surface area contributed by atoms with Gasteiger partial charge in [-0.25, -0.2) is 4.79 Å². The first kappa shape index (κ1) is 16.7. The zero-order valence-electron chi connectivity index (χ0n) is 12.4. The zero-order chi connectivity index (χ0) is 17.2. The second-order valence-electron chi connectivity index (χ2n) is 4.68. The molecule has 0 saturated heterocycles. The second kappa shape index (κ2) is 6.20. The van der Waals surface area contributed by atoms with Crippen molar-refractivity contribution in [2.75, 3.05) is 20.0 Å². The maximum Gasteiger partial charge on any atom is 0.416 e. The number of halogens is 3. The summed E-state index contributed by atoms with van der Waals surface area (Å²) in [6.45, 7) is 0. The minimum absolute atomic E-state index is 0.101. The van der Waals surface area contributed by atoms with Gasteiger partial charge in [0.25, 0.3) is 0 Å². The van der Waals surface area contributed by atoms with Gasteiger partial charge in [0.1, 0.15) is 11.3 Å². The van der Waals surface area contributed by atoms with Gasteiger partial charge in [-0.05, 0) is 24.3 Å². The Kier molecular flexibility index (Phi) is 4.49. The minimum atomic E-state index is -4.50. The summed E-state index contributed by atoms with van der Waals surface area (Å²) in [7, 11) is 2.52. The Labute approximate surface area is 130 Å². The number of para-hydroxylation sites is 1. The van der Waals surface area contributed by atoms with Crippen molar-refractivity contribution >= 4 is 11.7 Å². The van der Waals surface area contributed by atoms with Gasteiger partial charge in [0.2, 0.25) is 0 Å². The predicted molar refractivity (Wildman–Crippen MR) is 79.2 cm³/mol. The van der Waals surface area contributed by atoms with Gasteiger partial charge in [0.05, 0.1) is 19.8 Å². The normalized spacial score (nSPS) is 11.2. The molecule has 0 heterocycles. The van der Waals surface area contributed by atoms with Crippen LogP contribution in [-0.2, 0) is 10.9 Å². The topological polar surface area (TPSA) is 61.5 Å². The van der Waals surface area contributed by atoms with Gasteiger partial charge in [-0.1, -0.05) is 12.1 Å². The quantitative estimate of drug-likeness (QED) is 0.689. The molecular formula is C16H14F3NO3. The summed E-state index contributed by atoms with van der Waals surface area (Å²) in [4.78, 5) is 11.8. The third kappa shape index (κ3) is 3.23. The molecule has 23 heavy (non-hydrogen) atoms. The van der Waals surface area contributed by atoms with Crippen molar-refractivity contribution in [2.45, 2.75) is 6.18 Å². The summed E-state index contributed by atoms with van der Waals surface area (Å²) < 4.78 is 48.6. The summed E-state index contributed by atoms with van der Waals surface area (Å²) in [6.07, 6.45) is -4.50. The number of rotatable bonds is 3. The van der Waals surface area contributed by atoms with E-state index in [1.54, 1.807) is 0 Å². The summed E-state index contributed by atoms with van der Waals surface area (Å²) >= 11 is 0. The lowest BCUT2D eigenvalue weighted by atomic mass is 9.97. The first-order chi connectivity index (χ1) is 10.8. The SMILES string of the molecule is COC(=O)c1cccc(-c2cc(C(F)(F)F)ccc2N)c1OC. The summed E-state index contributed by atoms with van der Waals surface area (Å²) in [5.41, 5.74) is 5.61. The highest BCUT2D eigenvalue weighted by molar-refractivity contribution is 5.96. The standard InChI is InChI=1S/C16H14F3NO3/c1-22-14-10(4-3-5-11(14)15(21)23-2)12-8-9(16(17,18)19)6-7-13(12)20/h3-8H,20H2,1-2H3. The molecule has 4 nitrogen and oxygen atoms in total. The molecule has 0 radical (unpaired) electrons. The Bertz CT molecular complexity index is 742. The average Bonchev–Trinajstić information content (AvgIpc) is 2.52. The van der Waals surface area contributed by atoms with Crippen LogP contribution < -0.4 is 10.5 Å². The van der Waals surface area contributed by atoms with Gasteiger partial charge >= 0.3 is 12.1 Å². The lowest BCUT2D eigenvalue weighted by Gasteiger charge is -2.16. The molecule has 0 aliphatic heterocycles. The maximum absolute atomic E-state index is 12.9. The van der Waals surface area contributed by atoms with Crippen LogP contribution in [0, 0.1) is 0 Å². The van der Waals surface area contributed by atoms with Crippen LogP contribution in [0.3, 0.4) is 0 Å². The number of carbonyl (C=O) groups excluding carboxylic acids is 1. The molecule has 122 valence electrons. The van der Waals surface area contributed by atoms with E-state index in [4.69, 9.17) is 10.5 Å². The Morgan fingerprint density at radius 2 is 1.78 bits per heavy atom. The number of esters is 1. The number of alkyl halides is 3. The van der Waals surface area contributed by atoms with Crippen LogP contribution in [0.5, 0.6) is 5.75 Å². The number of nitrogen functional groups attached to an aromatic ring is 1. The lowest BCUT2D eigenvalue weighted by molar-refractivity contribution is -0.137. The number of methoxy groups -OCH3 is 2. The van der Waals surface area contributed by atoms with Crippen molar-refractivity contribution in [1.82, 2.24) is 0 Å². The van der Waals surface area contributed by atoms with Crippen LogP contribution in [0.2, 0.25) is 0 Å². The van der Waals surface area contributed by atoms with Gasteiger partial charge in [0.15, 0.2) is 0 Å².